The standard InChI is InChI=1S/C20H22BrClN6O.C19H20BrClN6O.C17H19BrN6O.C17H19BrN6/c21-15-12-25-28-18(24-9-8-13-5-3-4-10-27(13)20(23)29)11-17(26-19(15)28)14-6-1-2-7-16(14)22;20-14-11-24-27-17(23-10-12-5-7-26(8-6-12)19(22)28)9-16(25-18(14)27)13-3-1-2-4-15(13)21;18-14-10-21-24-16(20-9-12-2-1-7-23(25)11-12)8-15(22-17(14)24)13-3-5-19-6-4-13;18-14-11-22-24-16(21-10-12-2-1-5-20-9-12)8-15(23-17(14)24)13-3-6-19-7-4-13/h1-2,6-7,11-13,24H,3-5,8-10H2,(H2,23,29);1-4,9,11-12,23H,5-8,10H2,(H2,22,28);1-2,7-8,10-11,13,19-20H,3-6,9H2;1-2,5,8-9,11,13,19,21H,3-4,6-7,10H2. The molecule has 27 nitrogen and oxygen atoms in total. The highest BCUT2D eigenvalue weighted by molar-refractivity contribution is 9.11. The summed E-state index contributed by atoms with van der Waals surface area (Å²) in [7, 11) is 0. The largest absolute Gasteiger partial charge is 0.619 e. The van der Waals surface area contributed by atoms with E-state index in [0.717, 1.165) is 211 Å². The third-order valence-corrected chi connectivity index (χ3v) is 22.2. The molecular formula is C73H80Br4Cl2N24O3. The first-order chi connectivity index (χ1) is 51.6. The summed E-state index contributed by atoms with van der Waals surface area (Å²) in [6.45, 7) is 9.01. The van der Waals surface area contributed by atoms with Gasteiger partial charge in [0.1, 0.15) is 23.3 Å². The SMILES string of the molecule is Brc1cnn2c(NCc3cccnc3)cc(C3CCNCC3)nc12.NC(=O)N1CCC(CNc2cc(-c3ccccc3Cl)nc3c(Br)cnn23)CC1.NC(=O)N1CCCCC1CCNc1cc(-c2ccccc2Cl)nc2c(Br)cnn12.[O-][n+]1cccc(CNc2cc(C3CCNCC3)nc3c(Br)cnn23)c1. The van der Waals surface area contributed by atoms with Crippen molar-refractivity contribution in [2.45, 2.75) is 95.2 Å². The number of halogens is 6. The van der Waals surface area contributed by atoms with Crippen molar-refractivity contribution in [2.75, 3.05) is 80.2 Å². The third-order valence-electron chi connectivity index (χ3n) is 19.3. The molecule has 106 heavy (non-hydrogen) atoms. The highest BCUT2D eigenvalue weighted by Gasteiger charge is 2.27. The van der Waals surface area contributed by atoms with E-state index in [1.54, 1.807) is 66.6 Å². The zero-order valence-corrected chi connectivity index (χ0v) is 65.7. The number of hydrogen-bond donors (Lipinski definition) is 8. The quantitative estimate of drug-likeness (QED) is 0.0310. The molecule has 1 atom stereocenters. The van der Waals surface area contributed by atoms with Crippen LogP contribution < -0.4 is 48.1 Å². The first kappa shape index (κ1) is 75.4. The minimum absolute atomic E-state index is 0.165. The second-order valence-electron chi connectivity index (χ2n) is 26.3. The van der Waals surface area contributed by atoms with Crippen LogP contribution in [0.2, 0.25) is 10.0 Å². The molecule has 4 aliphatic rings. The Labute approximate surface area is 655 Å². The second kappa shape index (κ2) is 35.7. The summed E-state index contributed by atoms with van der Waals surface area (Å²) < 4.78 is 11.4. The molecule has 10 aromatic heterocycles. The van der Waals surface area contributed by atoms with Gasteiger partial charge in [0.25, 0.3) is 0 Å². The number of pyridine rings is 2. The van der Waals surface area contributed by atoms with E-state index < -0.39 is 0 Å². The molecule has 4 fully saturated rings. The molecule has 4 saturated heterocycles. The molecule has 4 amide bonds. The first-order valence-corrected chi connectivity index (χ1v) is 39.2. The van der Waals surface area contributed by atoms with Gasteiger partial charge in [-0.3, -0.25) is 4.98 Å². The van der Waals surface area contributed by atoms with Crippen LogP contribution in [0.3, 0.4) is 0 Å². The molecule has 16 rings (SSSR count). The van der Waals surface area contributed by atoms with Gasteiger partial charge in [0, 0.05) is 145 Å². The van der Waals surface area contributed by atoms with Crippen LogP contribution in [0.5, 0.6) is 0 Å². The van der Waals surface area contributed by atoms with Crippen LogP contribution in [0.15, 0.2) is 165 Å². The normalized spacial score (nSPS) is 15.8. The molecule has 0 radical (unpaired) electrons. The lowest BCUT2D eigenvalue weighted by atomic mass is 9.94. The Morgan fingerprint density at radius 3 is 1.50 bits per heavy atom. The maximum atomic E-state index is 11.7. The van der Waals surface area contributed by atoms with Gasteiger partial charge in [-0.1, -0.05) is 65.7 Å². The average Bonchev–Trinajstić information content (AvgIpc) is 1.61. The summed E-state index contributed by atoms with van der Waals surface area (Å²) in [4.78, 5) is 49.7. The Hall–Kier alpha value is -8.82. The number of urea groups is 2. The smallest absolute Gasteiger partial charge is 0.315 e. The van der Waals surface area contributed by atoms with Crippen molar-refractivity contribution in [3.8, 4) is 22.5 Å². The van der Waals surface area contributed by atoms with Crippen LogP contribution in [0, 0.1) is 11.1 Å². The summed E-state index contributed by atoms with van der Waals surface area (Å²) in [5, 5.41) is 51.0. The minimum atomic E-state index is -0.340. The predicted molar refractivity (Wildman–Crippen MR) is 427 cm³/mol. The Kier molecular flexibility index (Phi) is 25.4. The molecule has 14 heterocycles. The highest BCUT2D eigenvalue weighted by Crippen LogP contribution is 2.35. The van der Waals surface area contributed by atoms with Gasteiger partial charge >= 0.3 is 12.1 Å². The molecule has 10 N–H and O–H groups in total. The van der Waals surface area contributed by atoms with Gasteiger partial charge in [0.05, 0.1) is 54.1 Å². The number of carbonyl (C=O) groups is 2. The van der Waals surface area contributed by atoms with Gasteiger partial charge in [-0.15, -0.1) is 0 Å². The number of carbonyl (C=O) groups excluding carboxylic acids is 2. The number of hydrogen-bond acceptors (Lipinski definition) is 18. The molecule has 1 unspecified atom stereocenters. The molecule has 2 aromatic carbocycles. The van der Waals surface area contributed by atoms with Crippen molar-refractivity contribution in [3.05, 3.63) is 202 Å². The number of anilines is 4. The van der Waals surface area contributed by atoms with Crippen molar-refractivity contribution >= 4 is 145 Å². The van der Waals surface area contributed by atoms with Crippen LogP contribution in [0.25, 0.3) is 45.1 Å². The molecule has 0 spiro atoms. The number of rotatable bonds is 17. The average molecular weight is 1730 g/mol. The minimum Gasteiger partial charge on any atom is -0.619 e. The van der Waals surface area contributed by atoms with E-state index in [-0.39, 0.29) is 18.1 Å². The molecule has 0 bridgehead atoms. The molecule has 0 aliphatic carbocycles. The highest BCUT2D eigenvalue weighted by atomic mass is 79.9. The molecule has 12 aromatic rings. The number of fused-ring (bicyclic) bond motifs is 4. The maximum Gasteiger partial charge on any atom is 0.315 e. The van der Waals surface area contributed by atoms with E-state index >= 15 is 0 Å². The summed E-state index contributed by atoms with van der Waals surface area (Å²) in [5.41, 5.74) is 21.6. The van der Waals surface area contributed by atoms with Crippen LogP contribution >= 0.6 is 86.9 Å². The van der Waals surface area contributed by atoms with Crippen LogP contribution in [-0.2, 0) is 13.1 Å². The number of nitrogens with zero attached hydrogens (tertiary/aromatic N) is 16. The number of primary amides is 2. The lowest BCUT2D eigenvalue weighted by Crippen LogP contribution is -2.47. The van der Waals surface area contributed by atoms with E-state index in [9.17, 15) is 14.8 Å². The number of amides is 4. The topological polar surface area (TPSA) is 325 Å². The number of aromatic nitrogens is 14. The van der Waals surface area contributed by atoms with Crippen molar-refractivity contribution in [1.82, 2.24) is 83.8 Å². The van der Waals surface area contributed by atoms with Crippen molar-refractivity contribution < 1.29 is 14.3 Å². The molecule has 552 valence electrons. The van der Waals surface area contributed by atoms with Crippen molar-refractivity contribution in [2.24, 2.45) is 17.4 Å². The first-order valence-electron chi connectivity index (χ1n) is 35.3. The lowest BCUT2D eigenvalue weighted by molar-refractivity contribution is -0.605. The Morgan fingerprint density at radius 2 is 1.02 bits per heavy atom. The fourth-order valence-corrected chi connectivity index (χ4v) is 15.5. The van der Waals surface area contributed by atoms with Crippen molar-refractivity contribution in [1.29, 1.82) is 0 Å². The van der Waals surface area contributed by atoms with Gasteiger partial charge in [0.2, 0.25) is 0 Å². The van der Waals surface area contributed by atoms with Crippen LogP contribution in [0.1, 0.15) is 98.6 Å². The van der Waals surface area contributed by atoms with E-state index in [1.165, 1.54) is 6.20 Å². The second-order valence-corrected chi connectivity index (χ2v) is 30.5. The fourth-order valence-electron chi connectivity index (χ4n) is 13.6. The van der Waals surface area contributed by atoms with Crippen molar-refractivity contribution in [3.63, 3.8) is 0 Å². The zero-order chi connectivity index (χ0) is 73.6. The summed E-state index contributed by atoms with van der Waals surface area (Å²) in [5.74, 6) is 4.92. The number of likely N-dealkylation sites (tertiary alicyclic amines) is 2. The lowest BCUT2D eigenvalue weighted by Gasteiger charge is -2.34. The molecular weight excluding hydrogens is 1650 g/mol. The Morgan fingerprint density at radius 1 is 0.538 bits per heavy atom. The van der Waals surface area contributed by atoms with E-state index in [2.05, 4.69) is 139 Å². The summed E-state index contributed by atoms with van der Waals surface area (Å²) >= 11 is 26.9. The number of piperidine rings is 4. The molecule has 33 heteroatoms. The van der Waals surface area contributed by atoms with E-state index in [0.29, 0.717) is 66.2 Å². The third kappa shape index (κ3) is 18.6. The summed E-state index contributed by atoms with van der Waals surface area (Å²) in [6.07, 6.45) is 23.9. The van der Waals surface area contributed by atoms with Crippen LogP contribution in [0.4, 0.5) is 32.9 Å². The van der Waals surface area contributed by atoms with Gasteiger partial charge in [0.15, 0.2) is 35.0 Å². The number of benzene rings is 2. The van der Waals surface area contributed by atoms with Gasteiger partial charge in [-0.25, -0.2) is 29.5 Å². The zero-order valence-electron chi connectivity index (χ0n) is 57.8. The Bertz CT molecular complexity index is 5010. The van der Waals surface area contributed by atoms with Gasteiger partial charge < -0.3 is 58.4 Å². The van der Waals surface area contributed by atoms with Gasteiger partial charge in [-0.05, 0) is 190 Å². The summed E-state index contributed by atoms with van der Waals surface area (Å²) in [6, 6.07) is 30.6. The monoisotopic (exact) mass is 1730 g/mol. The number of nitrogens with two attached hydrogens (primary N) is 2. The maximum absolute atomic E-state index is 11.7. The molecule has 4 aliphatic heterocycles. The number of nitrogens with one attached hydrogen (secondary N) is 6. The van der Waals surface area contributed by atoms with Gasteiger partial charge in [-0.2, -0.15) is 43.2 Å². The fraction of sp³-hybridized carbons (Fsp3) is 0.342. The van der Waals surface area contributed by atoms with E-state index in [1.807, 2.05) is 83.5 Å². The molecule has 0 saturated carbocycles. The van der Waals surface area contributed by atoms with Crippen LogP contribution in [-0.4, -0.2) is 150 Å². The predicted octanol–water partition coefficient (Wildman–Crippen LogP) is 13.7. The Balaban J connectivity index is 0.000000125. The van der Waals surface area contributed by atoms with E-state index in [4.69, 9.17) is 54.6 Å².